The summed E-state index contributed by atoms with van der Waals surface area (Å²) in [7, 11) is 1.90. The van der Waals surface area contributed by atoms with Gasteiger partial charge in [0.1, 0.15) is 0 Å². The van der Waals surface area contributed by atoms with Crippen molar-refractivity contribution in [1.29, 1.82) is 0 Å². The maximum Gasteiger partial charge on any atom is 0.0758 e. The van der Waals surface area contributed by atoms with E-state index >= 15 is 0 Å². The van der Waals surface area contributed by atoms with Crippen LogP contribution in [0, 0.1) is 0 Å². The first-order valence-corrected chi connectivity index (χ1v) is 5.67. The molecule has 2 heterocycles. The largest absolute Gasteiger partial charge is 0.389 e. The third-order valence-electron chi connectivity index (χ3n) is 3.25. The molecule has 1 aliphatic rings. The normalized spacial score (nSPS) is 28.5. The molecule has 3 N–H and O–H groups in total. The highest BCUT2D eigenvalue weighted by Gasteiger charge is 2.35. The number of β-amino-alcohol motifs (C(OH)–C–C–N with tert-alkyl or cyclic N) is 1. The Balaban J connectivity index is 2.12. The van der Waals surface area contributed by atoms with Crippen LogP contribution in [0.15, 0.2) is 12.4 Å². The van der Waals surface area contributed by atoms with Crippen molar-refractivity contribution in [1.82, 2.24) is 14.7 Å². The van der Waals surface area contributed by atoms with Crippen LogP contribution in [-0.2, 0) is 7.05 Å². The van der Waals surface area contributed by atoms with Crippen LogP contribution < -0.4 is 5.73 Å². The van der Waals surface area contributed by atoms with Crippen LogP contribution in [0.3, 0.4) is 0 Å². The summed E-state index contributed by atoms with van der Waals surface area (Å²) in [5, 5.41) is 14.1. The Labute approximate surface area is 95.8 Å². The van der Waals surface area contributed by atoms with Crippen LogP contribution in [-0.4, -0.2) is 45.0 Å². The van der Waals surface area contributed by atoms with Crippen LogP contribution in [0.2, 0.25) is 0 Å². The average Bonchev–Trinajstić information content (AvgIpc) is 2.75. The van der Waals surface area contributed by atoms with Crippen molar-refractivity contribution in [2.24, 2.45) is 12.8 Å². The zero-order valence-corrected chi connectivity index (χ0v) is 9.93. The molecule has 2 rings (SSSR count). The van der Waals surface area contributed by atoms with E-state index in [1.165, 1.54) is 0 Å². The lowest BCUT2D eigenvalue weighted by Gasteiger charge is -2.26. The van der Waals surface area contributed by atoms with Gasteiger partial charge in [-0.05, 0) is 13.3 Å². The van der Waals surface area contributed by atoms with Crippen LogP contribution in [0.5, 0.6) is 0 Å². The van der Waals surface area contributed by atoms with E-state index in [2.05, 4.69) is 10.00 Å². The van der Waals surface area contributed by atoms with Crippen molar-refractivity contribution in [3.8, 4) is 0 Å². The van der Waals surface area contributed by atoms with Gasteiger partial charge >= 0.3 is 0 Å². The SMILES string of the molecule is Cn1cc(C(CN)N2CCC(C)(O)C2)cn1. The number of nitrogens with zero attached hydrogens (tertiary/aromatic N) is 3. The minimum Gasteiger partial charge on any atom is -0.389 e. The number of nitrogens with two attached hydrogens (primary N) is 1. The molecule has 0 radical (unpaired) electrons. The second-order valence-corrected chi connectivity index (χ2v) is 4.92. The molecule has 5 nitrogen and oxygen atoms in total. The highest BCUT2D eigenvalue weighted by Crippen LogP contribution is 2.28. The minimum absolute atomic E-state index is 0.169. The Kier molecular flexibility index (Phi) is 3.01. The number of hydrogen-bond donors (Lipinski definition) is 2. The molecule has 0 spiro atoms. The van der Waals surface area contributed by atoms with Gasteiger partial charge in [-0.15, -0.1) is 0 Å². The van der Waals surface area contributed by atoms with Crippen LogP contribution in [0.1, 0.15) is 24.9 Å². The molecule has 1 aliphatic heterocycles. The maximum atomic E-state index is 9.96. The molecule has 1 aromatic rings. The van der Waals surface area contributed by atoms with Gasteiger partial charge in [-0.3, -0.25) is 9.58 Å². The molecule has 0 aliphatic carbocycles. The minimum atomic E-state index is -0.574. The van der Waals surface area contributed by atoms with E-state index < -0.39 is 5.60 Å². The van der Waals surface area contributed by atoms with Crippen LogP contribution in [0.25, 0.3) is 0 Å². The molecule has 5 heteroatoms. The standard InChI is InChI=1S/C11H20N4O/c1-11(16)3-4-15(8-11)10(5-12)9-6-13-14(2)7-9/h6-7,10,16H,3-5,8,12H2,1-2H3. The van der Waals surface area contributed by atoms with Gasteiger partial charge in [-0.25, -0.2) is 0 Å². The fourth-order valence-corrected chi connectivity index (χ4v) is 2.35. The smallest absolute Gasteiger partial charge is 0.0758 e. The molecule has 0 aromatic carbocycles. The molecular formula is C11H20N4O. The van der Waals surface area contributed by atoms with Gasteiger partial charge in [0.25, 0.3) is 0 Å². The van der Waals surface area contributed by atoms with Gasteiger partial charge < -0.3 is 10.8 Å². The van der Waals surface area contributed by atoms with E-state index in [9.17, 15) is 5.11 Å². The topological polar surface area (TPSA) is 67.3 Å². The molecule has 0 saturated carbocycles. The Morgan fingerprint density at radius 2 is 2.44 bits per heavy atom. The Morgan fingerprint density at radius 3 is 2.88 bits per heavy atom. The Morgan fingerprint density at radius 1 is 1.69 bits per heavy atom. The van der Waals surface area contributed by atoms with Crippen LogP contribution in [0.4, 0.5) is 0 Å². The first-order chi connectivity index (χ1) is 7.52. The first kappa shape index (κ1) is 11.6. The zero-order valence-electron chi connectivity index (χ0n) is 9.93. The highest BCUT2D eigenvalue weighted by molar-refractivity contribution is 5.12. The fraction of sp³-hybridized carbons (Fsp3) is 0.727. The molecule has 1 fully saturated rings. The average molecular weight is 224 g/mol. The number of aromatic nitrogens is 2. The van der Waals surface area contributed by atoms with Crippen molar-refractivity contribution < 1.29 is 5.11 Å². The second-order valence-electron chi connectivity index (χ2n) is 4.92. The van der Waals surface area contributed by atoms with Gasteiger partial charge in [0.2, 0.25) is 0 Å². The first-order valence-electron chi connectivity index (χ1n) is 5.67. The summed E-state index contributed by atoms with van der Waals surface area (Å²) in [6.07, 6.45) is 4.65. The zero-order chi connectivity index (χ0) is 11.8. The molecule has 16 heavy (non-hydrogen) atoms. The lowest BCUT2D eigenvalue weighted by molar-refractivity contribution is 0.0626. The molecule has 2 unspecified atom stereocenters. The molecular weight excluding hydrogens is 204 g/mol. The summed E-state index contributed by atoms with van der Waals surface area (Å²) < 4.78 is 1.78. The molecule has 1 aromatic heterocycles. The van der Waals surface area contributed by atoms with Gasteiger partial charge in [0, 0.05) is 38.4 Å². The van der Waals surface area contributed by atoms with E-state index in [0.717, 1.165) is 18.5 Å². The number of hydrogen-bond acceptors (Lipinski definition) is 4. The quantitative estimate of drug-likeness (QED) is 0.751. The van der Waals surface area contributed by atoms with E-state index in [-0.39, 0.29) is 6.04 Å². The van der Waals surface area contributed by atoms with Gasteiger partial charge in [-0.2, -0.15) is 5.10 Å². The predicted octanol–water partition coefficient (Wildman–Crippen LogP) is -0.123. The van der Waals surface area contributed by atoms with E-state index in [1.807, 2.05) is 26.4 Å². The summed E-state index contributed by atoms with van der Waals surface area (Å²) >= 11 is 0. The van der Waals surface area contributed by atoms with Crippen molar-refractivity contribution in [2.75, 3.05) is 19.6 Å². The van der Waals surface area contributed by atoms with Crippen LogP contribution >= 0.6 is 0 Å². The van der Waals surface area contributed by atoms with E-state index in [1.54, 1.807) is 4.68 Å². The van der Waals surface area contributed by atoms with Crippen molar-refractivity contribution in [2.45, 2.75) is 25.0 Å². The summed E-state index contributed by atoms with van der Waals surface area (Å²) in [4.78, 5) is 2.23. The third kappa shape index (κ3) is 2.26. The fourth-order valence-electron chi connectivity index (χ4n) is 2.35. The predicted molar refractivity (Wildman–Crippen MR) is 61.8 cm³/mol. The van der Waals surface area contributed by atoms with Crippen molar-refractivity contribution in [3.05, 3.63) is 18.0 Å². The molecule has 0 amide bonds. The number of aryl methyl sites for hydroxylation is 1. The van der Waals surface area contributed by atoms with Gasteiger partial charge in [-0.1, -0.05) is 0 Å². The maximum absolute atomic E-state index is 9.96. The third-order valence-corrected chi connectivity index (χ3v) is 3.25. The monoisotopic (exact) mass is 224 g/mol. The van der Waals surface area contributed by atoms with Gasteiger partial charge in [0.15, 0.2) is 0 Å². The summed E-state index contributed by atoms with van der Waals surface area (Å²) in [6.45, 7) is 4.01. The van der Waals surface area contributed by atoms with E-state index in [0.29, 0.717) is 13.1 Å². The summed E-state index contributed by atoms with van der Waals surface area (Å²) in [5.41, 5.74) is 6.38. The molecule has 0 bridgehead atoms. The lowest BCUT2D eigenvalue weighted by atomic mass is 10.1. The van der Waals surface area contributed by atoms with Crippen molar-refractivity contribution in [3.63, 3.8) is 0 Å². The highest BCUT2D eigenvalue weighted by atomic mass is 16.3. The lowest BCUT2D eigenvalue weighted by Crippen LogP contribution is -2.35. The van der Waals surface area contributed by atoms with E-state index in [4.69, 9.17) is 5.73 Å². The summed E-state index contributed by atoms with van der Waals surface area (Å²) in [5.74, 6) is 0. The Hall–Kier alpha value is -0.910. The molecule has 90 valence electrons. The number of likely N-dealkylation sites (tertiary alicyclic amines) is 1. The van der Waals surface area contributed by atoms with Gasteiger partial charge in [0.05, 0.1) is 17.8 Å². The Bertz CT molecular complexity index is 361. The second kappa shape index (κ2) is 4.16. The number of rotatable bonds is 3. The summed E-state index contributed by atoms with van der Waals surface area (Å²) in [6, 6.07) is 0.169. The molecule has 2 atom stereocenters. The number of aliphatic hydroxyl groups is 1. The van der Waals surface area contributed by atoms with Crippen molar-refractivity contribution >= 4 is 0 Å². The molecule has 1 saturated heterocycles.